The van der Waals surface area contributed by atoms with Crippen molar-refractivity contribution in [3.63, 3.8) is 0 Å². The minimum Gasteiger partial charge on any atom is -0.392 e. The first-order valence-electron chi connectivity index (χ1n) is 12.9. The van der Waals surface area contributed by atoms with E-state index in [1.165, 1.54) is 18.1 Å². The highest BCUT2D eigenvalue weighted by Crippen LogP contribution is 2.39. The third kappa shape index (κ3) is 8.87. The fourth-order valence-corrected chi connectivity index (χ4v) is 5.01. The Labute approximate surface area is 230 Å². The Kier molecular flexibility index (Phi) is 10.9. The van der Waals surface area contributed by atoms with Gasteiger partial charge in [-0.2, -0.15) is 5.10 Å². The summed E-state index contributed by atoms with van der Waals surface area (Å²) in [5.74, 6) is 0.144. The Balaban J connectivity index is 1.35. The zero-order valence-corrected chi connectivity index (χ0v) is 22.2. The van der Waals surface area contributed by atoms with Gasteiger partial charge in [0.15, 0.2) is 11.4 Å². The fourth-order valence-electron chi connectivity index (χ4n) is 4.21. The number of anilines is 1. The first-order chi connectivity index (χ1) is 19.0. The van der Waals surface area contributed by atoms with Crippen molar-refractivity contribution in [2.45, 2.75) is 68.8 Å². The average Bonchev–Trinajstić information content (AvgIpc) is 3.50. The van der Waals surface area contributed by atoms with Crippen LogP contribution in [0.4, 0.5) is 5.69 Å². The number of unbranched alkanes of at least 4 members (excludes halogenated alkanes) is 2. The van der Waals surface area contributed by atoms with Gasteiger partial charge in [0, 0.05) is 36.3 Å². The van der Waals surface area contributed by atoms with Crippen LogP contribution in [0.1, 0.15) is 67.6 Å². The second-order valence-electron chi connectivity index (χ2n) is 9.22. The predicted molar refractivity (Wildman–Crippen MR) is 144 cm³/mol. The molecule has 2 aromatic carbocycles. The fraction of sp³-hybridized carbons (Fsp3) is 0.407. The van der Waals surface area contributed by atoms with Gasteiger partial charge in [-0.25, -0.2) is 10.5 Å². The van der Waals surface area contributed by atoms with Crippen molar-refractivity contribution in [2.24, 2.45) is 0 Å². The largest absolute Gasteiger partial charge is 0.392 e. The molecule has 39 heavy (non-hydrogen) atoms. The summed E-state index contributed by atoms with van der Waals surface area (Å²) in [5.41, 5.74) is 4.96. The van der Waals surface area contributed by atoms with Gasteiger partial charge in [0.2, 0.25) is 11.8 Å². The Hall–Kier alpha value is -3.29. The number of hydroxylamine groups is 1. The lowest BCUT2D eigenvalue weighted by Gasteiger charge is -2.36. The maximum Gasteiger partial charge on any atom is 0.243 e. The third-order valence-corrected chi connectivity index (χ3v) is 7.32. The summed E-state index contributed by atoms with van der Waals surface area (Å²) in [4.78, 5) is 27.5. The lowest BCUT2D eigenvalue weighted by Crippen LogP contribution is -2.31. The number of aliphatic hydroxyl groups excluding tert-OH is 1. The predicted octanol–water partition coefficient (Wildman–Crippen LogP) is 4.03. The van der Waals surface area contributed by atoms with Gasteiger partial charge in [-0.1, -0.05) is 54.6 Å². The molecule has 5 N–H and O–H groups in total. The van der Waals surface area contributed by atoms with Crippen LogP contribution < -0.4 is 10.8 Å². The van der Waals surface area contributed by atoms with Crippen LogP contribution in [0.15, 0.2) is 60.0 Å². The number of aromatic nitrogens is 3. The van der Waals surface area contributed by atoms with Crippen LogP contribution in [0, 0.1) is 0 Å². The number of ether oxygens (including phenoxy) is 2. The number of benzene rings is 2. The molecule has 1 aliphatic rings. The number of thioether (sulfide) groups is 1. The van der Waals surface area contributed by atoms with E-state index in [1.807, 2.05) is 48.5 Å². The first-order valence-corrected chi connectivity index (χ1v) is 13.8. The van der Waals surface area contributed by atoms with Gasteiger partial charge in [0.1, 0.15) is 6.33 Å². The van der Waals surface area contributed by atoms with Crippen molar-refractivity contribution in [1.29, 1.82) is 0 Å². The van der Waals surface area contributed by atoms with E-state index >= 15 is 0 Å². The average molecular weight is 556 g/mol. The van der Waals surface area contributed by atoms with E-state index in [0.29, 0.717) is 37.1 Å². The number of aromatic amines is 1. The minimum atomic E-state index is -0.595. The van der Waals surface area contributed by atoms with Gasteiger partial charge in [-0.15, -0.1) is 0 Å². The summed E-state index contributed by atoms with van der Waals surface area (Å²) >= 11 is 1.53. The van der Waals surface area contributed by atoms with Crippen LogP contribution in [0.2, 0.25) is 0 Å². The number of rotatable bonds is 13. The van der Waals surface area contributed by atoms with Gasteiger partial charge in [-0.05, 0) is 36.1 Å². The molecule has 3 aromatic rings. The summed E-state index contributed by atoms with van der Waals surface area (Å²) in [6, 6.07) is 15.1. The molecule has 1 aromatic heterocycles. The van der Waals surface area contributed by atoms with Crippen molar-refractivity contribution in [1.82, 2.24) is 20.7 Å². The van der Waals surface area contributed by atoms with Crippen LogP contribution in [0.3, 0.4) is 0 Å². The highest BCUT2D eigenvalue weighted by Gasteiger charge is 2.32. The molecule has 0 radical (unpaired) electrons. The van der Waals surface area contributed by atoms with E-state index in [9.17, 15) is 14.7 Å². The summed E-state index contributed by atoms with van der Waals surface area (Å²) in [6.45, 7) is -0.0137. The molecule has 0 unspecified atom stereocenters. The highest BCUT2D eigenvalue weighted by atomic mass is 32.2. The van der Waals surface area contributed by atoms with Gasteiger partial charge >= 0.3 is 0 Å². The summed E-state index contributed by atoms with van der Waals surface area (Å²) in [6.07, 6.45) is 3.80. The lowest BCUT2D eigenvalue weighted by molar-refractivity contribution is -0.245. The monoisotopic (exact) mass is 555 g/mol. The number of amides is 2. The third-order valence-electron chi connectivity index (χ3n) is 6.31. The Morgan fingerprint density at radius 3 is 2.36 bits per heavy atom. The molecule has 1 aliphatic heterocycles. The number of carbonyl (C=O) groups is 2. The van der Waals surface area contributed by atoms with E-state index in [-0.39, 0.29) is 31.1 Å². The normalized spacial score (nSPS) is 19.0. The number of hydrogen-bond donors (Lipinski definition) is 5. The second-order valence-corrected chi connectivity index (χ2v) is 10.2. The van der Waals surface area contributed by atoms with Gasteiger partial charge < -0.3 is 19.9 Å². The second kappa shape index (κ2) is 14.8. The number of hydrogen-bond acceptors (Lipinski definition) is 9. The zero-order valence-electron chi connectivity index (χ0n) is 21.4. The van der Waals surface area contributed by atoms with Crippen LogP contribution in [0.5, 0.6) is 0 Å². The molecule has 0 aliphatic carbocycles. The zero-order chi connectivity index (χ0) is 27.5. The first kappa shape index (κ1) is 28.7. The molecule has 3 atom stereocenters. The van der Waals surface area contributed by atoms with E-state index in [4.69, 9.17) is 14.7 Å². The number of nitrogens with one attached hydrogen (secondary N) is 3. The van der Waals surface area contributed by atoms with Crippen molar-refractivity contribution in [3.05, 3.63) is 71.5 Å². The number of carbonyl (C=O) groups excluding carboxylic acids is 2. The van der Waals surface area contributed by atoms with Crippen LogP contribution in [-0.4, -0.2) is 49.2 Å². The maximum atomic E-state index is 12.3. The van der Waals surface area contributed by atoms with Crippen molar-refractivity contribution >= 4 is 29.3 Å². The van der Waals surface area contributed by atoms with Gasteiger partial charge in [-0.3, -0.25) is 19.9 Å². The summed E-state index contributed by atoms with van der Waals surface area (Å²) in [5, 5.41) is 28.3. The molecule has 1 saturated heterocycles. The lowest BCUT2D eigenvalue weighted by atomic mass is 10.0. The molecule has 12 heteroatoms. The molecule has 1 fully saturated rings. The number of nitrogens with zero attached hydrogens (tertiary/aromatic N) is 2. The molecule has 0 bridgehead atoms. The minimum absolute atomic E-state index is 0.0137. The van der Waals surface area contributed by atoms with Crippen molar-refractivity contribution in [3.8, 4) is 0 Å². The van der Waals surface area contributed by atoms with E-state index in [1.54, 1.807) is 5.48 Å². The molecule has 0 saturated carbocycles. The molecule has 208 valence electrons. The van der Waals surface area contributed by atoms with E-state index in [0.717, 1.165) is 28.3 Å². The van der Waals surface area contributed by atoms with E-state index in [2.05, 4.69) is 20.5 Å². The SMILES string of the molecule is O=C(CCCCCC(=O)Nc1ccc([C@H]2O[C@@H](CSc3ncn[nH]3)C[C@@H](c3ccc(CO)cc3)O2)cc1)NO. The molecule has 2 amide bonds. The summed E-state index contributed by atoms with van der Waals surface area (Å²) in [7, 11) is 0. The standard InChI is InChI=1S/C27H33N5O6S/c33-15-18-6-8-19(9-7-18)23-14-22(16-39-27-28-17-29-31-27)37-26(38-23)20-10-12-21(13-11-20)30-24(34)4-2-1-3-5-25(35)32-36/h6-13,17,22-23,26,33,36H,1-5,14-16H2,(H,30,34)(H,32,35)(H,28,29,31)/t22-,23+,26+/m1/s1. The molecule has 4 rings (SSSR count). The smallest absolute Gasteiger partial charge is 0.243 e. The molecule has 2 heterocycles. The Morgan fingerprint density at radius 2 is 1.69 bits per heavy atom. The number of aliphatic hydroxyl groups is 1. The van der Waals surface area contributed by atoms with Crippen LogP contribution in [0.25, 0.3) is 0 Å². The van der Waals surface area contributed by atoms with Gasteiger partial charge in [0.05, 0.1) is 18.8 Å². The van der Waals surface area contributed by atoms with E-state index < -0.39 is 12.2 Å². The number of H-pyrrole nitrogens is 1. The topological polar surface area (TPSA) is 159 Å². The molecular weight excluding hydrogens is 522 g/mol. The van der Waals surface area contributed by atoms with Crippen molar-refractivity contribution < 1.29 is 29.4 Å². The van der Waals surface area contributed by atoms with Crippen LogP contribution >= 0.6 is 11.8 Å². The summed E-state index contributed by atoms with van der Waals surface area (Å²) < 4.78 is 12.7. The highest BCUT2D eigenvalue weighted by molar-refractivity contribution is 7.99. The molecule has 0 spiro atoms. The Bertz CT molecular complexity index is 1180. The quantitative estimate of drug-likeness (QED) is 0.0908. The Morgan fingerprint density at radius 1 is 0.974 bits per heavy atom. The molecule has 11 nitrogen and oxygen atoms in total. The maximum absolute atomic E-state index is 12.3. The van der Waals surface area contributed by atoms with Gasteiger partial charge in [0.25, 0.3) is 0 Å². The van der Waals surface area contributed by atoms with Crippen LogP contribution in [-0.2, 0) is 25.7 Å². The van der Waals surface area contributed by atoms with Crippen molar-refractivity contribution in [2.75, 3.05) is 11.1 Å². The molecular formula is C27H33N5O6S.